The van der Waals surface area contributed by atoms with Gasteiger partial charge in [0.25, 0.3) is 5.91 Å². The molecule has 1 N–H and O–H groups in total. The number of anilines is 1. The average molecular weight is 456 g/mol. The number of benzene rings is 2. The molecule has 0 bridgehead atoms. The molecule has 7 nitrogen and oxygen atoms in total. The Bertz CT molecular complexity index is 1110. The van der Waals surface area contributed by atoms with Crippen LogP contribution < -0.4 is 5.32 Å². The van der Waals surface area contributed by atoms with Crippen molar-refractivity contribution in [2.75, 3.05) is 24.2 Å². The van der Waals surface area contributed by atoms with Gasteiger partial charge in [-0.05, 0) is 55.7 Å². The zero-order valence-electron chi connectivity index (χ0n) is 17.0. The molecule has 160 valence electrons. The van der Waals surface area contributed by atoms with Crippen molar-refractivity contribution in [2.24, 2.45) is 0 Å². The van der Waals surface area contributed by atoms with Crippen LogP contribution in [0.4, 0.5) is 5.69 Å². The fraction of sp³-hybridized carbons (Fsp3) is 0.273. The number of hydrogen-bond acceptors (Lipinski definition) is 5. The highest BCUT2D eigenvalue weighted by Crippen LogP contribution is 2.24. The lowest BCUT2D eigenvalue weighted by atomic mass is 10.1. The van der Waals surface area contributed by atoms with Crippen molar-refractivity contribution in [2.45, 2.75) is 24.9 Å². The van der Waals surface area contributed by atoms with Gasteiger partial charge in [0, 0.05) is 29.4 Å². The van der Waals surface area contributed by atoms with Gasteiger partial charge in [-0.15, -0.1) is 10.2 Å². The zero-order valence-corrected chi connectivity index (χ0v) is 18.6. The van der Waals surface area contributed by atoms with Gasteiger partial charge in [0.1, 0.15) is 6.33 Å². The summed E-state index contributed by atoms with van der Waals surface area (Å²) < 4.78 is 1.79. The highest BCUT2D eigenvalue weighted by molar-refractivity contribution is 7.99. The third-order valence-corrected chi connectivity index (χ3v) is 6.42. The highest BCUT2D eigenvalue weighted by Gasteiger charge is 2.19. The SMILES string of the molecule is Cc1ccc(-n2cnnc2SCC(=O)Nc2cccc(C(=O)N3CCCC3)c2)cc1Cl. The smallest absolute Gasteiger partial charge is 0.253 e. The maximum Gasteiger partial charge on any atom is 0.253 e. The van der Waals surface area contributed by atoms with Crippen LogP contribution in [0.15, 0.2) is 53.9 Å². The summed E-state index contributed by atoms with van der Waals surface area (Å²) in [4.78, 5) is 26.9. The first-order valence-electron chi connectivity index (χ1n) is 10.00. The van der Waals surface area contributed by atoms with Crippen LogP contribution in [0.5, 0.6) is 0 Å². The molecule has 2 amide bonds. The van der Waals surface area contributed by atoms with E-state index in [0.717, 1.165) is 37.2 Å². The molecule has 3 aromatic rings. The predicted molar refractivity (Wildman–Crippen MR) is 122 cm³/mol. The van der Waals surface area contributed by atoms with Crippen molar-refractivity contribution in [3.63, 3.8) is 0 Å². The standard InChI is InChI=1S/C22H22ClN5O2S/c1-15-7-8-18(12-19(15)23)28-14-24-26-22(28)31-13-20(29)25-17-6-4-5-16(11-17)21(30)27-9-2-3-10-27/h4-8,11-12,14H,2-3,9-10,13H2,1H3,(H,25,29). The number of nitrogens with zero attached hydrogens (tertiary/aromatic N) is 4. The predicted octanol–water partition coefficient (Wildman–Crippen LogP) is 4.20. The summed E-state index contributed by atoms with van der Waals surface area (Å²) in [6.45, 7) is 3.52. The van der Waals surface area contributed by atoms with Gasteiger partial charge in [0.2, 0.25) is 5.91 Å². The van der Waals surface area contributed by atoms with E-state index >= 15 is 0 Å². The molecule has 0 atom stereocenters. The fourth-order valence-corrected chi connectivity index (χ4v) is 4.30. The van der Waals surface area contributed by atoms with Crippen LogP contribution in [0.25, 0.3) is 5.69 Å². The minimum Gasteiger partial charge on any atom is -0.339 e. The van der Waals surface area contributed by atoms with Crippen molar-refractivity contribution in [1.29, 1.82) is 0 Å². The van der Waals surface area contributed by atoms with E-state index in [-0.39, 0.29) is 17.6 Å². The Hall–Kier alpha value is -2.84. The molecule has 1 saturated heterocycles. The summed E-state index contributed by atoms with van der Waals surface area (Å²) in [6, 6.07) is 12.8. The number of likely N-dealkylation sites (tertiary alicyclic amines) is 1. The monoisotopic (exact) mass is 455 g/mol. The molecule has 1 aromatic heterocycles. The molecule has 0 unspecified atom stereocenters. The molecule has 9 heteroatoms. The first-order chi connectivity index (χ1) is 15.0. The molecular weight excluding hydrogens is 434 g/mol. The molecule has 1 fully saturated rings. The Morgan fingerprint density at radius 2 is 1.97 bits per heavy atom. The third kappa shape index (κ3) is 5.08. The molecule has 0 spiro atoms. The lowest BCUT2D eigenvalue weighted by Gasteiger charge is -2.15. The van der Waals surface area contributed by atoms with Crippen LogP contribution in [-0.2, 0) is 4.79 Å². The van der Waals surface area contributed by atoms with E-state index in [2.05, 4.69) is 15.5 Å². The maximum atomic E-state index is 12.6. The molecule has 2 aromatic carbocycles. The Morgan fingerprint density at radius 3 is 2.74 bits per heavy atom. The minimum absolute atomic E-state index is 0.00725. The van der Waals surface area contributed by atoms with Crippen LogP contribution in [0.3, 0.4) is 0 Å². The van der Waals surface area contributed by atoms with Crippen molar-refractivity contribution < 1.29 is 9.59 Å². The highest BCUT2D eigenvalue weighted by atomic mass is 35.5. The van der Waals surface area contributed by atoms with Gasteiger partial charge in [0.15, 0.2) is 5.16 Å². The molecule has 1 aliphatic heterocycles. The molecule has 0 saturated carbocycles. The van der Waals surface area contributed by atoms with E-state index in [1.54, 1.807) is 35.2 Å². The topological polar surface area (TPSA) is 80.1 Å². The van der Waals surface area contributed by atoms with Crippen molar-refractivity contribution in [3.8, 4) is 5.69 Å². The number of halogens is 1. The molecule has 4 rings (SSSR count). The van der Waals surface area contributed by atoms with Gasteiger partial charge < -0.3 is 10.2 Å². The minimum atomic E-state index is -0.188. The Labute approximate surface area is 189 Å². The summed E-state index contributed by atoms with van der Waals surface area (Å²) in [5, 5.41) is 12.2. The van der Waals surface area contributed by atoms with E-state index in [9.17, 15) is 9.59 Å². The maximum absolute atomic E-state index is 12.6. The molecule has 0 aliphatic carbocycles. The lowest BCUT2D eigenvalue weighted by Crippen LogP contribution is -2.27. The molecule has 1 aliphatic rings. The van der Waals surface area contributed by atoms with Crippen molar-refractivity contribution in [3.05, 3.63) is 64.9 Å². The van der Waals surface area contributed by atoms with Crippen molar-refractivity contribution >= 4 is 40.9 Å². The summed E-state index contributed by atoms with van der Waals surface area (Å²) in [6.07, 6.45) is 3.67. The lowest BCUT2D eigenvalue weighted by molar-refractivity contribution is -0.113. The normalized spacial score (nSPS) is 13.4. The second kappa shape index (κ2) is 9.53. The van der Waals surface area contributed by atoms with Crippen LogP contribution in [0.2, 0.25) is 5.02 Å². The van der Waals surface area contributed by atoms with Crippen LogP contribution in [-0.4, -0.2) is 50.3 Å². The number of thioether (sulfide) groups is 1. The van der Waals surface area contributed by atoms with Gasteiger partial charge in [-0.3, -0.25) is 14.2 Å². The van der Waals surface area contributed by atoms with E-state index in [4.69, 9.17) is 11.6 Å². The fourth-order valence-electron chi connectivity index (χ4n) is 3.39. The molecular formula is C22H22ClN5O2S. The first kappa shape index (κ1) is 21.4. The van der Waals surface area contributed by atoms with Crippen molar-refractivity contribution in [1.82, 2.24) is 19.7 Å². The van der Waals surface area contributed by atoms with Gasteiger partial charge in [-0.2, -0.15) is 0 Å². The zero-order chi connectivity index (χ0) is 21.8. The number of aryl methyl sites for hydroxylation is 1. The van der Waals surface area contributed by atoms with Crippen LogP contribution in [0.1, 0.15) is 28.8 Å². The summed E-state index contributed by atoms with van der Waals surface area (Å²) >= 11 is 7.50. The summed E-state index contributed by atoms with van der Waals surface area (Å²) in [7, 11) is 0. The number of aromatic nitrogens is 3. The summed E-state index contributed by atoms with van der Waals surface area (Å²) in [5.74, 6) is -0.0251. The second-order valence-corrected chi connectivity index (χ2v) is 8.68. The average Bonchev–Trinajstić information content (AvgIpc) is 3.46. The van der Waals surface area contributed by atoms with Gasteiger partial charge in [-0.1, -0.05) is 35.5 Å². The van der Waals surface area contributed by atoms with Crippen LogP contribution >= 0.6 is 23.4 Å². The third-order valence-electron chi connectivity index (χ3n) is 5.07. The van der Waals surface area contributed by atoms with E-state index in [1.807, 2.05) is 30.0 Å². The van der Waals surface area contributed by atoms with E-state index in [1.165, 1.54) is 11.8 Å². The molecule has 31 heavy (non-hydrogen) atoms. The number of hydrogen-bond donors (Lipinski definition) is 1. The Morgan fingerprint density at radius 1 is 1.16 bits per heavy atom. The van der Waals surface area contributed by atoms with Gasteiger partial charge >= 0.3 is 0 Å². The van der Waals surface area contributed by atoms with E-state index < -0.39 is 0 Å². The summed E-state index contributed by atoms with van der Waals surface area (Å²) in [5.41, 5.74) is 3.00. The quantitative estimate of drug-likeness (QED) is 0.563. The van der Waals surface area contributed by atoms with Gasteiger partial charge in [0.05, 0.1) is 11.4 Å². The van der Waals surface area contributed by atoms with E-state index in [0.29, 0.717) is 21.4 Å². The van der Waals surface area contributed by atoms with Crippen LogP contribution in [0, 0.1) is 6.92 Å². The molecule has 0 radical (unpaired) electrons. The van der Waals surface area contributed by atoms with Gasteiger partial charge in [-0.25, -0.2) is 0 Å². The first-order valence-corrected chi connectivity index (χ1v) is 11.4. The Kier molecular flexibility index (Phi) is 6.58. The number of nitrogens with one attached hydrogen (secondary N) is 1. The number of carbonyl (C=O) groups excluding carboxylic acids is 2. The number of amides is 2. The number of carbonyl (C=O) groups is 2. The second-order valence-electron chi connectivity index (χ2n) is 7.33. The Balaban J connectivity index is 1.38. The molecule has 2 heterocycles. The largest absolute Gasteiger partial charge is 0.339 e. The number of rotatable bonds is 6.